The maximum absolute atomic E-state index is 11.1. The zero-order chi connectivity index (χ0) is 17.6. The van der Waals surface area contributed by atoms with Crippen LogP contribution < -0.4 is 5.73 Å². The molecule has 1 aliphatic heterocycles. The zero-order valence-corrected chi connectivity index (χ0v) is 15.3. The fourth-order valence-electron chi connectivity index (χ4n) is 3.14. The molecule has 0 radical (unpaired) electrons. The van der Waals surface area contributed by atoms with Gasteiger partial charge in [0.05, 0.1) is 11.9 Å². The summed E-state index contributed by atoms with van der Waals surface area (Å²) < 4.78 is 2.60. The third kappa shape index (κ3) is 2.88. The number of nitrogens with two attached hydrogens (primary N) is 1. The highest BCUT2D eigenvalue weighted by atomic mass is 127. The predicted octanol–water partition coefficient (Wildman–Crippen LogP) is 2.10. The van der Waals surface area contributed by atoms with Crippen LogP contribution in [0.15, 0.2) is 24.5 Å². The van der Waals surface area contributed by atoms with Crippen LogP contribution in [0.3, 0.4) is 0 Å². The maximum Gasteiger partial charge on any atom is 0.407 e. The van der Waals surface area contributed by atoms with Crippen LogP contribution in [-0.2, 0) is 19.5 Å². The average Bonchev–Trinajstić information content (AvgIpc) is 2.91. The standard InChI is InChI=1S/C16H15IN6O2/c17-13-12-14(18)19-8-20-15(12)23(21-13)6-9-1-2-11-7-22(16(24)25)4-3-10(11)5-9/h1-2,5,8H,3-4,6-7H2,(H,24,25)(H2,18,19,20). The van der Waals surface area contributed by atoms with Crippen molar-refractivity contribution >= 4 is 45.5 Å². The number of carboxylic acid groups (broad SMARTS) is 1. The number of nitrogens with zero attached hydrogens (tertiary/aromatic N) is 5. The van der Waals surface area contributed by atoms with E-state index >= 15 is 0 Å². The van der Waals surface area contributed by atoms with Crippen molar-refractivity contribution in [3.05, 3.63) is 44.9 Å². The third-order valence-corrected chi connectivity index (χ3v) is 5.16. The molecule has 4 rings (SSSR count). The molecule has 1 aliphatic rings. The van der Waals surface area contributed by atoms with E-state index in [2.05, 4.69) is 43.7 Å². The quantitative estimate of drug-likeness (QED) is 0.579. The SMILES string of the molecule is Nc1ncnc2c1c(I)nn2Cc1ccc2c(c1)CCN(C(=O)O)C2. The molecule has 0 atom stereocenters. The lowest BCUT2D eigenvalue weighted by molar-refractivity contribution is 0.140. The minimum atomic E-state index is -0.871. The summed E-state index contributed by atoms with van der Waals surface area (Å²) in [4.78, 5) is 20.9. The second-order valence-corrected chi connectivity index (χ2v) is 6.98. The maximum atomic E-state index is 11.1. The Labute approximate surface area is 156 Å². The number of benzene rings is 1. The summed E-state index contributed by atoms with van der Waals surface area (Å²) in [5.74, 6) is 0.430. The Kier molecular flexibility index (Phi) is 3.94. The number of aromatic nitrogens is 4. The summed E-state index contributed by atoms with van der Waals surface area (Å²) in [7, 11) is 0. The first-order valence-electron chi connectivity index (χ1n) is 7.74. The molecule has 0 fully saturated rings. The summed E-state index contributed by atoms with van der Waals surface area (Å²) >= 11 is 2.14. The van der Waals surface area contributed by atoms with Gasteiger partial charge < -0.3 is 15.7 Å². The number of amides is 1. The monoisotopic (exact) mass is 450 g/mol. The molecule has 0 saturated carbocycles. The summed E-state index contributed by atoms with van der Waals surface area (Å²) in [5, 5.41) is 14.4. The van der Waals surface area contributed by atoms with Gasteiger partial charge in [0.2, 0.25) is 0 Å². The van der Waals surface area contributed by atoms with Gasteiger partial charge >= 0.3 is 6.09 Å². The highest BCUT2D eigenvalue weighted by Crippen LogP contribution is 2.25. The zero-order valence-electron chi connectivity index (χ0n) is 13.2. The summed E-state index contributed by atoms with van der Waals surface area (Å²) in [5.41, 5.74) is 9.99. The van der Waals surface area contributed by atoms with Crippen LogP contribution in [0.4, 0.5) is 10.6 Å². The van der Waals surface area contributed by atoms with Crippen molar-refractivity contribution < 1.29 is 9.90 Å². The second-order valence-electron chi connectivity index (χ2n) is 5.96. The van der Waals surface area contributed by atoms with E-state index in [0.717, 1.165) is 26.6 Å². The van der Waals surface area contributed by atoms with Gasteiger partial charge in [-0.05, 0) is 45.7 Å². The number of hydrogen-bond donors (Lipinski definition) is 2. The van der Waals surface area contributed by atoms with Gasteiger partial charge in [-0.25, -0.2) is 19.4 Å². The first-order valence-corrected chi connectivity index (χ1v) is 8.82. The normalized spacial score (nSPS) is 13.9. The lowest BCUT2D eigenvalue weighted by atomic mass is 9.97. The Bertz CT molecular complexity index is 986. The molecule has 128 valence electrons. The van der Waals surface area contributed by atoms with Gasteiger partial charge in [-0.15, -0.1) is 0 Å². The molecule has 3 heterocycles. The summed E-state index contributed by atoms with van der Waals surface area (Å²) in [6.07, 6.45) is 1.30. The minimum absolute atomic E-state index is 0.430. The van der Waals surface area contributed by atoms with Gasteiger partial charge in [-0.1, -0.05) is 18.2 Å². The highest BCUT2D eigenvalue weighted by Gasteiger charge is 2.20. The molecular weight excluding hydrogens is 435 g/mol. The fraction of sp³-hybridized carbons (Fsp3) is 0.250. The molecule has 2 aromatic heterocycles. The molecule has 8 nitrogen and oxygen atoms in total. The molecule has 0 bridgehead atoms. The number of nitrogen functional groups attached to an aromatic ring is 1. The van der Waals surface area contributed by atoms with E-state index in [9.17, 15) is 4.79 Å². The van der Waals surface area contributed by atoms with Crippen LogP contribution in [0.2, 0.25) is 0 Å². The van der Waals surface area contributed by atoms with E-state index in [1.54, 1.807) is 0 Å². The van der Waals surface area contributed by atoms with Crippen molar-refractivity contribution in [2.45, 2.75) is 19.5 Å². The highest BCUT2D eigenvalue weighted by molar-refractivity contribution is 14.1. The minimum Gasteiger partial charge on any atom is -0.465 e. The lowest BCUT2D eigenvalue weighted by Crippen LogP contribution is -2.34. The van der Waals surface area contributed by atoms with Crippen LogP contribution >= 0.6 is 22.6 Å². The number of carbonyl (C=O) groups is 1. The first-order chi connectivity index (χ1) is 12.0. The molecule has 0 spiro atoms. The van der Waals surface area contributed by atoms with Crippen molar-refractivity contribution in [1.82, 2.24) is 24.6 Å². The molecule has 1 aromatic carbocycles. The molecule has 3 N–H and O–H groups in total. The predicted molar refractivity (Wildman–Crippen MR) is 100 cm³/mol. The first kappa shape index (κ1) is 16.1. The molecule has 0 aliphatic carbocycles. The molecule has 25 heavy (non-hydrogen) atoms. The largest absolute Gasteiger partial charge is 0.465 e. The number of rotatable bonds is 2. The second kappa shape index (κ2) is 6.14. The Morgan fingerprint density at radius 2 is 2.16 bits per heavy atom. The van der Waals surface area contributed by atoms with Crippen LogP contribution in [0, 0.1) is 3.70 Å². The van der Waals surface area contributed by atoms with Crippen LogP contribution in [0.5, 0.6) is 0 Å². The Balaban J connectivity index is 1.65. The van der Waals surface area contributed by atoms with Gasteiger partial charge in [0, 0.05) is 13.1 Å². The van der Waals surface area contributed by atoms with E-state index < -0.39 is 6.09 Å². The smallest absolute Gasteiger partial charge is 0.407 e. The van der Waals surface area contributed by atoms with Gasteiger partial charge in [-0.3, -0.25) is 0 Å². The fourth-order valence-corrected chi connectivity index (χ4v) is 3.92. The van der Waals surface area contributed by atoms with Crippen LogP contribution in [-0.4, -0.2) is 42.4 Å². The summed E-state index contributed by atoms with van der Waals surface area (Å²) in [6.45, 7) is 1.54. The molecule has 0 unspecified atom stereocenters. The van der Waals surface area contributed by atoms with E-state index in [-0.39, 0.29) is 0 Å². The Morgan fingerprint density at radius 3 is 2.96 bits per heavy atom. The molecular formula is C16H15IN6O2. The number of anilines is 1. The van der Waals surface area contributed by atoms with Crippen molar-refractivity contribution in [2.24, 2.45) is 0 Å². The van der Waals surface area contributed by atoms with Gasteiger partial charge in [0.1, 0.15) is 15.8 Å². The number of hydrogen-bond acceptors (Lipinski definition) is 5. The van der Waals surface area contributed by atoms with Crippen molar-refractivity contribution in [3.63, 3.8) is 0 Å². The number of halogens is 1. The van der Waals surface area contributed by atoms with Crippen LogP contribution in [0.25, 0.3) is 11.0 Å². The third-order valence-electron chi connectivity index (χ3n) is 4.40. The molecule has 0 saturated heterocycles. The van der Waals surface area contributed by atoms with Crippen molar-refractivity contribution in [3.8, 4) is 0 Å². The molecule has 9 heteroatoms. The Morgan fingerprint density at radius 1 is 1.32 bits per heavy atom. The van der Waals surface area contributed by atoms with E-state index in [0.29, 0.717) is 31.1 Å². The van der Waals surface area contributed by atoms with Crippen LogP contribution in [0.1, 0.15) is 16.7 Å². The van der Waals surface area contributed by atoms with Crippen molar-refractivity contribution in [1.29, 1.82) is 0 Å². The van der Waals surface area contributed by atoms with Gasteiger partial charge in [-0.2, -0.15) is 5.10 Å². The van der Waals surface area contributed by atoms with Gasteiger partial charge in [0.25, 0.3) is 0 Å². The topological polar surface area (TPSA) is 110 Å². The lowest BCUT2D eigenvalue weighted by Gasteiger charge is -2.26. The van der Waals surface area contributed by atoms with E-state index in [1.165, 1.54) is 16.8 Å². The summed E-state index contributed by atoms with van der Waals surface area (Å²) in [6, 6.07) is 6.13. The molecule has 1 amide bonds. The van der Waals surface area contributed by atoms with Gasteiger partial charge in [0.15, 0.2) is 5.65 Å². The number of fused-ring (bicyclic) bond motifs is 2. The average molecular weight is 450 g/mol. The Hall–Kier alpha value is -2.43. The molecule has 3 aromatic rings. The van der Waals surface area contributed by atoms with E-state index in [4.69, 9.17) is 10.8 Å². The van der Waals surface area contributed by atoms with E-state index in [1.807, 2.05) is 16.8 Å². The van der Waals surface area contributed by atoms with Crippen molar-refractivity contribution in [2.75, 3.05) is 12.3 Å².